The number of hydrogen-bond donors (Lipinski definition) is 1. The van der Waals surface area contributed by atoms with Gasteiger partial charge in [-0.3, -0.25) is 0 Å². The molecular formula is C11H20BrN5. The summed E-state index contributed by atoms with van der Waals surface area (Å²) in [6, 6.07) is 0.362. The first-order chi connectivity index (χ1) is 7.95. The predicted molar refractivity (Wildman–Crippen MR) is 75.2 cm³/mol. The van der Waals surface area contributed by atoms with E-state index >= 15 is 0 Å². The normalized spacial score (nSPS) is 12.8. The lowest BCUT2D eigenvalue weighted by Gasteiger charge is -2.31. The molecule has 1 unspecified atom stereocenters. The van der Waals surface area contributed by atoms with Gasteiger partial charge in [-0.15, -0.1) is 0 Å². The van der Waals surface area contributed by atoms with Crippen molar-refractivity contribution < 1.29 is 0 Å². The predicted octanol–water partition coefficient (Wildman–Crippen LogP) is 1.60. The van der Waals surface area contributed by atoms with Gasteiger partial charge in [0.15, 0.2) is 0 Å². The summed E-state index contributed by atoms with van der Waals surface area (Å²) in [6.45, 7) is 6.12. The number of anilines is 2. The fourth-order valence-corrected chi connectivity index (χ4v) is 2.29. The minimum atomic E-state index is 0.304. The SMILES string of the molecule is CCN(c1nc(N)ncc1Br)C(C)CN(C)C. The van der Waals surface area contributed by atoms with Crippen LogP contribution in [0.1, 0.15) is 13.8 Å². The molecule has 1 aromatic heterocycles. The summed E-state index contributed by atoms with van der Waals surface area (Å²) >= 11 is 3.47. The van der Waals surface area contributed by atoms with Gasteiger partial charge in [0.05, 0.1) is 4.47 Å². The maximum atomic E-state index is 5.64. The Hall–Kier alpha value is -0.880. The second-order valence-corrected chi connectivity index (χ2v) is 5.15. The Morgan fingerprint density at radius 3 is 2.65 bits per heavy atom. The molecule has 96 valence electrons. The molecule has 0 amide bonds. The summed E-state index contributed by atoms with van der Waals surface area (Å²) in [5, 5.41) is 0. The van der Waals surface area contributed by atoms with Crippen LogP contribution in [0.15, 0.2) is 10.7 Å². The third kappa shape index (κ3) is 3.81. The largest absolute Gasteiger partial charge is 0.368 e. The zero-order valence-corrected chi connectivity index (χ0v) is 12.4. The first kappa shape index (κ1) is 14.2. The average Bonchev–Trinajstić information content (AvgIpc) is 2.23. The molecule has 0 aliphatic rings. The fourth-order valence-electron chi connectivity index (χ4n) is 1.87. The number of nitrogens with zero attached hydrogens (tertiary/aromatic N) is 4. The van der Waals surface area contributed by atoms with Crippen LogP contribution in [0.2, 0.25) is 0 Å². The van der Waals surface area contributed by atoms with E-state index in [0.717, 1.165) is 23.4 Å². The zero-order valence-electron chi connectivity index (χ0n) is 10.8. The second-order valence-electron chi connectivity index (χ2n) is 4.30. The summed E-state index contributed by atoms with van der Waals surface area (Å²) < 4.78 is 0.874. The number of aromatic nitrogens is 2. The van der Waals surface area contributed by atoms with Crippen molar-refractivity contribution in [3.8, 4) is 0 Å². The lowest BCUT2D eigenvalue weighted by atomic mass is 10.2. The molecule has 1 atom stereocenters. The van der Waals surface area contributed by atoms with Crippen molar-refractivity contribution >= 4 is 27.7 Å². The Balaban J connectivity index is 2.96. The Bertz CT molecular complexity index is 369. The molecule has 0 radical (unpaired) electrons. The van der Waals surface area contributed by atoms with Gasteiger partial charge in [-0.2, -0.15) is 4.98 Å². The highest BCUT2D eigenvalue weighted by Gasteiger charge is 2.17. The minimum absolute atomic E-state index is 0.304. The summed E-state index contributed by atoms with van der Waals surface area (Å²) in [5.41, 5.74) is 5.64. The molecule has 0 aliphatic carbocycles. The number of halogens is 1. The number of nitrogen functional groups attached to an aromatic ring is 1. The second kappa shape index (κ2) is 6.16. The Morgan fingerprint density at radius 2 is 2.12 bits per heavy atom. The van der Waals surface area contributed by atoms with E-state index < -0.39 is 0 Å². The van der Waals surface area contributed by atoms with Gasteiger partial charge in [-0.1, -0.05) is 0 Å². The molecule has 2 N–H and O–H groups in total. The third-order valence-corrected chi connectivity index (χ3v) is 3.08. The van der Waals surface area contributed by atoms with Crippen molar-refractivity contribution in [2.24, 2.45) is 0 Å². The maximum Gasteiger partial charge on any atom is 0.222 e. The Morgan fingerprint density at radius 1 is 1.47 bits per heavy atom. The van der Waals surface area contributed by atoms with Crippen LogP contribution in [0, 0.1) is 0 Å². The average molecular weight is 302 g/mol. The van der Waals surface area contributed by atoms with Gasteiger partial charge in [0.25, 0.3) is 0 Å². The number of likely N-dealkylation sites (N-methyl/N-ethyl adjacent to an activating group) is 2. The molecule has 1 aromatic rings. The van der Waals surface area contributed by atoms with Crippen molar-refractivity contribution in [2.75, 3.05) is 37.8 Å². The molecule has 0 aromatic carbocycles. The fraction of sp³-hybridized carbons (Fsp3) is 0.636. The molecule has 17 heavy (non-hydrogen) atoms. The minimum Gasteiger partial charge on any atom is -0.368 e. The Labute approximate surface area is 111 Å². The van der Waals surface area contributed by atoms with Crippen molar-refractivity contribution in [1.82, 2.24) is 14.9 Å². The first-order valence-electron chi connectivity index (χ1n) is 5.65. The molecule has 6 heteroatoms. The molecule has 0 saturated carbocycles. The van der Waals surface area contributed by atoms with Gasteiger partial charge in [0.2, 0.25) is 5.95 Å². The van der Waals surface area contributed by atoms with E-state index in [1.807, 2.05) is 0 Å². The molecule has 5 nitrogen and oxygen atoms in total. The molecule has 0 spiro atoms. The quantitative estimate of drug-likeness (QED) is 0.895. The third-order valence-electron chi connectivity index (χ3n) is 2.52. The highest BCUT2D eigenvalue weighted by atomic mass is 79.9. The molecule has 1 rings (SSSR count). The highest BCUT2D eigenvalue weighted by Crippen LogP contribution is 2.25. The standard InChI is InChI=1S/C11H20BrN5/c1-5-17(8(2)7-16(3)4)10-9(12)6-14-11(13)15-10/h6,8H,5,7H2,1-4H3,(H2,13,14,15). The van der Waals surface area contributed by atoms with E-state index in [-0.39, 0.29) is 0 Å². The first-order valence-corrected chi connectivity index (χ1v) is 6.44. The van der Waals surface area contributed by atoms with Gasteiger partial charge >= 0.3 is 0 Å². The lowest BCUT2D eigenvalue weighted by Crippen LogP contribution is -2.40. The van der Waals surface area contributed by atoms with Crippen molar-refractivity contribution in [3.05, 3.63) is 10.7 Å². The van der Waals surface area contributed by atoms with E-state index in [1.165, 1.54) is 0 Å². The van der Waals surface area contributed by atoms with Crippen LogP contribution in [0.25, 0.3) is 0 Å². The summed E-state index contributed by atoms with van der Waals surface area (Å²) in [6.07, 6.45) is 1.70. The number of hydrogen-bond acceptors (Lipinski definition) is 5. The molecule has 0 fully saturated rings. The van der Waals surface area contributed by atoms with Gasteiger partial charge in [0, 0.05) is 25.3 Å². The van der Waals surface area contributed by atoms with Crippen molar-refractivity contribution in [1.29, 1.82) is 0 Å². The zero-order chi connectivity index (χ0) is 13.0. The summed E-state index contributed by atoms with van der Waals surface area (Å²) in [4.78, 5) is 12.6. The molecular weight excluding hydrogens is 282 g/mol. The molecule has 0 aliphatic heterocycles. The lowest BCUT2D eigenvalue weighted by molar-refractivity contribution is 0.372. The van der Waals surface area contributed by atoms with Gasteiger partial charge in [0.1, 0.15) is 5.82 Å². The van der Waals surface area contributed by atoms with E-state index in [9.17, 15) is 0 Å². The van der Waals surface area contributed by atoms with Crippen LogP contribution in [0.4, 0.5) is 11.8 Å². The van der Waals surface area contributed by atoms with Gasteiger partial charge < -0.3 is 15.5 Å². The van der Waals surface area contributed by atoms with E-state index in [1.54, 1.807) is 6.20 Å². The monoisotopic (exact) mass is 301 g/mol. The molecule has 1 heterocycles. The number of nitrogens with two attached hydrogens (primary N) is 1. The number of rotatable bonds is 5. The topological polar surface area (TPSA) is 58.3 Å². The van der Waals surface area contributed by atoms with Crippen LogP contribution >= 0.6 is 15.9 Å². The maximum absolute atomic E-state index is 5.64. The smallest absolute Gasteiger partial charge is 0.222 e. The van der Waals surface area contributed by atoms with Gasteiger partial charge in [-0.05, 0) is 43.9 Å². The van der Waals surface area contributed by atoms with Crippen LogP contribution in [-0.4, -0.2) is 48.1 Å². The summed E-state index contributed by atoms with van der Waals surface area (Å²) in [7, 11) is 4.13. The highest BCUT2D eigenvalue weighted by molar-refractivity contribution is 9.10. The molecule has 0 bridgehead atoms. The van der Waals surface area contributed by atoms with Crippen molar-refractivity contribution in [3.63, 3.8) is 0 Å². The van der Waals surface area contributed by atoms with Crippen molar-refractivity contribution in [2.45, 2.75) is 19.9 Å². The van der Waals surface area contributed by atoms with E-state index in [4.69, 9.17) is 5.73 Å². The van der Waals surface area contributed by atoms with E-state index in [0.29, 0.717) is 12.0 Å². The van der Waals surface area contributed by atoms with E-state index in [2.05, 4.69) is 63.6 Å². The molecule has 0 saturated heterocycles. The van der Waals surface area contributed by atoms with Crippen LogP contribution in [-0.2, 0) is 0 Å². The summed E-state index contributed by atoms with van der Waals surface area (Å²) in [5.74, 6) is 1.16. The van der Waals surface area contributed by atoms with Crippen LogP contribution in [0.3, 0.4) is 0 Å². The Kier molecular flexibility index (Phi) is 5.14. The van der Waals surface area contributed by atoms with Crippen LogP contribution in [0.5, 0.6) is 0 Å². The van der Waals surface area contributed by atoms with Crippen LogP contribution < -0.4 is 10.6 Å². The van der Waals surface area contributed by atoms with Gasteiger partial charge in [-0.25, -0.2) is 4.98 Å².